The van der Waals surface area contributed by atoms with Crippen molar-refractivity contribution < 1.29 is 8.42 Å². The van der Waals surface area contributed by atoms with E-state index in [9.17, 15) is 13.2 Å². The number of benzene rings is 1. The minimum absolute atomic E-state index is 0.00612. The van der Waals surface area contributed by atoms with E-state index in [1.165, 1.54) is 40.6 Å². The van der Waals surface area contributed by atoms with Crippen molar-refractivity contribution in [1.82, 2.24) is 13.9 Å². The molecule has 6 nitrogen and oxygen atoms in total. The van der Waals surface area contributed by atoms with Crippen LogP contribution in [0.5, 0.6) is 0 Å². The third kappa shape index (κ3) is 4.31. The maximum atomic E-state index is 13.4. The van der Waals surface area contributed by atoms with Crippen LogP contribution in [0.1, 0.15) is 29.3 Å². The smallest absolute Gasteiger partial charge is 0.263 e. The van der Waals surface area contributed by atoms with Gasteiger partial charge in [0, 0.05) is 31.3 Å². The molecule has 1 aromatic carbocycles. The first-order valence-corrected chi connectivity index (χ1v) is 13.8. The van der Waals surface area contributed by atoms with E-state index >= 15 is 0 Å². The lowest BCUT2D eigenvalue weighted by Gasteiger charge is -2.17. The number of thioether (sulfide) groups is 1. The molecule has 2 aromatic heterocycles. The highest BCUT2D eigenvalue weighted by Crippen LogP contribution is 2.36. The Morgan fingerprint density at radius 3 is 2.88 bits per heavy atom. The average molecular weight is 490 g/mol. The second-order valence-electron chi connectivity index (χ2n) is 8.35. The van der Waals surface area contributed by atoms with E-state index in [0.717, 1.165) is 35.0 Å². The fourth-order valence-electron chi connectivity index (χ4n) is 3.96. The van der Waals surface area contributed by atoms with Gasteiger partial charge in [-0.2, -0.15) is 0 Å². The maximum Gasteiger partial charge on any atom is 0.263 e. The summed E-state index contributed by atoms with van der Waals surface area (Å²) in [5, 5.41) is 1.40. The number of aryl methyl sites for hydroxylation is 1. The Bertz CT molecular complexity index is 1340. The van der Waals surface area contributed by atoms with E-state index in [0.29, 0.717) is 23.4 Å². The molecule has 0 spiro atoms. The lowest BCUT2D eigenvalue weighted by molar-refractivity contribution is 0.509. The predicted molar refractivity (Wildman–Crippen MR) is 132 cm³/mol. The third-order valence-electron chi connectivity index (χ3n) is 5.74. The number of nitrogens with zero attached hydrogens (tertiary/aromatic N) is 3. The molecule has 1 aliphatic carbocycles. The molecule has 0 bridgehead atoms. The molecule has 32 heavy (non-hydrogen) atoms. The van der Waals surface area contributed by atoms with Gasteiger partial charge in [-0.05, 0) is 48.4 Å². The molecule has 4 rings (SSSR count). The Morgan fingerprint density at radius 2 is 2.16 bits per heavy atom. The number of hydrogen-bond acceptors (Lipinski definition) is 6. The van der Waals surface area contributed by atoms with E-state index in [1.807, 2.05) is 6.07 Å². The number of allylic oxidation sites excluding steroid dienone is 1. The molecular weight excluding hydrogens is 462 g/mol. The Labute approximate surface area is 197 Å². The summed E-state index contributed by atoms with van der Waals surface area (Å²) in [6.45, 7) is 6.45. The predicted octanol–water partition coefficient (Wildman–Crippen LogP) is 4.31. The monoisotopic (exact) mass is 489 g/mol. The van der Waals surface area contributed by atoms with Crippen LogP contribution in [0.4, 0.5) is 0 Å². The van der Waals surface area contributed by atoms with E-state index in [2.05, 4.69) is 13.5 Å². The number of thiophene rings is 1. The van der Waals surface area contributed by atoms with Crippen LogP contribution in [0.3, 0.4) is 0 Å². The fourth-order valence-corrected chi connectivity index (χ4v) is 7.31. The molecule has 170 valence electrons. The zero-order valence-corrected chi connectivity index (χ0v) is 20.9. The molecule has 0 amide bonds. The van der Waals surface area contributed by atoms with Gasteiger partial charge in [-0.25, -0.2) is 17.7 Å². The molecule has 1 atom stereocenters. The average Bonchev–Trinajstić information content (AvgIpc) is 3.12. The normalized spacial score (nSPS) is 16.4. The summed E-state index contributed by atoms with van der Waals surface area (Å²) in [5.74, 6) is 1.14. The Hall–Kier alpha value is -1.94. The molecule has 1 aliphatic rings. The first kappa shape index (κ1) is 23.2. The highest BCUT2D eigenvalue weighted by atomic mass is 32.2. The SMILES string of the molecule is C=CCn1c(SCc2cccc(S(=O)(=O)N(C)C)c2)nc2sc3c(c2c1=O)CCC(C)C3. The highest BCUT2D eigenvalue weighted by Gasteiger charge is 2.24. The maximum absolute atomic E-state index is 13.4. The van der Waals surface area contributed by atoms with Crippen LogP contribution in [-0.2, 0) is 35.2 Å². The molecular formula is C23H27N3O3S3. The molecule has 0 saturated carbocycles. The van der Waals surface area contributed by atoms with Crippen LogP contribution < -0.4 is 5.56 Å². The van der Waals surface area contributed by atoms with Crippen molar-refractivity contribution in [1.29, 1.82) is 0 Å². The topological polar surface area (TPSA) is 72.3 Å². The van der Waals surface area contributed by atoms with Crippen LogP contribution in [0, 0.1) is 5.92 Å². The zero-order valence-electron chi connectivity index (χ0n) is 18.5. The van der Waals surface area contributed by atoms with Gasteiger partial charge < -0.3 is 0 Å². The fraction of sp³-hybridized carbons (Fsp3) is 0.391. The lowest BCUT2D eigenvalue weighted by Crippen LogP contribution is -2.23. The summed E-state index contributed by atoms with van der Waals surface area (Å²) in [4.78, 5) is 20.6. The van der Waals surface area contributed by atoms with Crippen molar-refractivity contribution in [2.45, 2.75) is 48.5 Å². The van der Waals surface area contributed by atoms with E-state index in [1.54, 1.807) is 40.2 Å². The number of rotatable bonds is 7. The molecule has 1 unspecified atom stereocenters. The van der Waals surface area contributed by atoms with Crippen LogP contribution in [-0.4, -0.2) is 36.4 Å². The van der Waals surface area contributed by atoms with Crippen molar-refractivity contribution >= 4 is 43.3 Å². The molecule has 0 N–H and O–H groups in total. The van der Waals surface area contributed by atoms with Gasteiger partial charge in [-0.1, -0.05) is 36.9 Å². The van der Waals surface area contributed by atoms with Gasteiger partial charge in [0.25, 0.3) is 5.56 Å². The molecule has 0 aliphatic heterocycles. The summed E-state index contributed by atoms with van der Waals surface area (Å²) >= 11 is 3.09. The van der Waals surface area contributed by atoms with Crippen LogP contribution in [0.25, 0.3) is 10.2 Å². The summed E-state index contributed by atoms with van der Waals surface area (Å²) < 4.78 is 27.8. The van der Waals surface area contributed by atoms with Crippen molar-refractivity contribution in [3.63, 3.8) is 0 Å². The number of aromatic nitrogens is 2. The van der Waals surface area contributed by atoms with Crippen LogP contribution in [0.2, 0.25) is 0 Å². The van der Waals surface area contributed by atoms with Crippen LogP contribution in [0.15, 0.2) is 51.8 Å². The van der Waals surface area contributed by atoms with Gasteiger partial charge in [0.15, 0.2) is 5.16 Å². The quantitative estimate of drug-likeness (QED) is 0.281. The van der Waals surface area contributed by atoms with Gasteiger partial charge in [0.2, 0.25) is 10.0 Å². The first-order valence-electron chi connectivity index (χ1n) is 10.5. The summed E-state index contributed by atoms with van der Waals surface area (Å²) in [5.41, 5.74) is 2.03. The molecule has 0 fully saturated rings. The minimum Gasteiger partial charge on any atom is -0.283 e. The standard InChI is InChI=1S/C23H27N3O3S3/c1-5-11-26-22(27)20-18-10-9-15(2)12-19(18)31-21(20)24-23(26)30-14-16-7-6-8-17(13-16)32(28,29)25(3)4/h5-8,13,15H,1,9-12,14H2,2-4H3. The zero-order chi connectivity index (χ0) is 23.0. The molecule has 3 aromatic rings. The van der Waals surface area contributed by atoms with Crippen molar-refractivity contribution in [3.05, 3.63) is 63.3 Å². The van der Waals surface area contributed by atoms with Crippen molar-refractivity contribution in [3.8, 4) is 0 Å². The second-order valence-corrected chi connectivity index (χ2v) is 12.5. The van der Waals surface area contributed by atoms with Crippen molar-refractivity contribution in [2.24, 2.45) is 5.92 Å². The van der Waals surface area contributed by atoms with Gasteiger partial charge in [-0.3, -0.25) is 9.36 Å². The van der Waals surface area contributed by atoms with Gasteiger partial charge >= 0.3 is 0 Å². The molecule has 0 radical (unpaired) electrons. The number of fused-ring (bicyclic) bond motifs is 3. The van der Waals surface area contributed by atoms with Gasteiger partial charge in [-0.15, -0.1) is 17.9 Å². The summed E-state index contributed by atoms with van der Waals surface area (Å²) in [6.07, 6.45) is 4.75. The van der Waals surface area contributed by atoms with Gasteiger partial charge in [0.1, 0.15) is 4.83 Å². The number of hydrogen-bond donors (Lipinski definition) is 0. The Balaban J connectivity index is 1.70. The summed E-state index contributed by atoms with van der Waals surface area (Å²) in [6, 6.07) is 6.91. The highest BCUT2D eigenvalue weighted by molar-refractivity contribution is 7.98. The van der Waals surface area contributed by atoms with E-state index < -0.39 is 10.0 Å². The van der Waals surface area contributed by atoms with Crippen LogP contribution >= 0.6 is 23.1 Å². The van der Waals surface area contributed by atoms with Crippen molar-refractivity contribution in [2.75, 3.05) is 14.1 Å². The first-order chi connectivity index (χ1) is 15.2. The molecule has 2 heterocycles. The van der Waals surface area contributed by atoms with Gasteiger partial charge in [0.05, 0.1) is 10.3 Å². The molecule has 0 saturated heterocycles. The van der Waals surface area contributed by atoms with E-state index in [4.69, 9.17) is 4.98 Å². The second kappa shape index (κ2) is 9.13. The largest absolute Gasteiger partial charge is 0.283 e. The summed E-state index contributed by atoms with van der Waals surface area (Å²) in [7, 11) is -0.461. The van der Waals surface area contributed by atoms with E-state index in [-0.39, 0.29) is 10.5 Å². The molecule has 9 heteroatoms. The number of sulfonamides is 1. The Morgan fingerprint density at radius 1 is 1.38 bits per heavy atom. The third-order valence-corrected chi connectivity index (χ3v) is 9.74. The minimum atomic E-state index is -3.50. The Kier molecular flexibility index (Phi) is 6.63. The lowest BCUT2D eigenvalue weighted by atomic mass is 9.89.